The van der Waals surface area contributed by atoms with Crippen molar-refractivity contribution in [3.63, 3.8) is 0 Å². The minimum absolute atomic E-state index is 0.538. The second kappa shape index (κ2) is 4.67. The zero-order valence-corrected chi connectivity index (χ0v) is 8.28. The summed E-state index contributed by atoms with van der Waals surface area (Å²) in [6.07, 6.45) is 2.47. The number of methoxy groups -OCH3 is 1. The van der Waals surface area contributed by atoms with E-state index in [1.54, 1.807) is 18.2 Å². The molecule has 74 valence electrons. The van der Waals surface area contributed by atoms with Gasteiger partial charge in [0.2, 0.25) is 0 Å². The Hall–Kier alpha value is -1.48. The van der Waals surface area contributed by atoms with Gasteiger partial charge in [-0.2, -0.15) is 0 Å². The highest BCUT2D eigenvalue weighted by atomic mass is 35.5. The number of carboxylic acids is 1. The van der Waals surface area contributed by atoms with Crippen LogP contribution >= 0.6 is 11.6 Å². The molecule has 0 saturated heterocycles. The predicted octanol–water partition coefficient (Wildman–Crippen LogP) is 2.45. The molecule has 0 aromatic heterocycles. The number of carbonyl (C=O) groups is 1. The number of aliphatic carboxylic acids is 1. The Morgan fingerprint density at radius 3 is 2.86 bits per heavy atom. The maximum atomic E-state index is 10.3. The summed E-state index contributed by atoms with van der Waals surface area (Å²) in [6, 6.07) is 5.00. The van der Waals surface area contributed by atoms with Crippen LogP contribution in [0.1, 0.15) is 5.56 Å². The van der Waals surface area contributed by atoms with Crippen molar-refractivity contribution in [2.24, 2.45) is 0 Å². The zero-order valence-electron chi connectivity index (χ0n) is 7.53. The normalized spacial score (nSPS) is 10.4. The molecule has 0 aliphatic carbocycles. The van der Waals surface area contributed by atoms with Crippen LogP contribution in [0.4, 0.5) is 0 Å². The fourth-order valence-corrected chi connectivity index (χ4v) is 1.18. The molecule has 0 spiro atoms. The number of hydrogen-bond donors (Lipinski definition) is 1. The minimum atomic E-state index is -1.01. The largest absolute Gasteiger partial charge is 0.496 e. The second-order valence-corrected chi connectivity index (χ2v) is 2.99. The van der Waals surface area contributed by atoms with Crippen molar-refractivity contribution < 1.29 is 14.6 Å². The third-order valence-electron chi connectivity index (χ3n) is 1.60. The Balaban J connectivity index is 3.04. The molecule has 1 aromatic rings. The van der Waals surface area contributed by atoms with Crippen LogP contribution in [0.25, 0.3) is 6.08 Å². The van der Waals surface area contributed by atoms with Gasteiger partial charge in [-0.3, -0.25) is 0 Å². The molecule has 14 heavy (non-hydrogen) atoms. The number of ether oxygens (including phenoxy) is 1. The van der Waals surface area contributed by atoms with Crippen molar-refractivity contribution in [3.05, 3.63) is 34.9 Å². The molecule has 0 radical (unpaired) electrons. The molecular formula is C10H9ClO3. The van der Waals surface area contributed by atoms with E-state index in [9.17, 15) is 4.79 Å². The van der Waals surface area contributed by atoms with Gasteiger partial charge in [0.15, 0.2) is 0 Å². The molecule has 1 rings (SSSR count). The standard InChI is InChI=1S/C10H9ClO3/c1-14-9-4-3-8(11)6-7(9)2-5-10(12)13/h2-6H,1H3,(H,12,13). The van der Waals surface area contributed by atoms with Crippen LogP contribution in [0.5, 0.6) is 5.75 Å². The lowest BCUT2D eigenvalue weighted by molar-refractivity contribution is -0.131. The molecular weight excluding hydrogens is 204 g/mol. The van der Waals surface area contributed by atoms with Crippen LogP contribution in [0, 0.1) is 0 Å². The van der Waals surface area contributed by atoms with Crippen LogP contribution in [-0.4, -0.2) is 18.2 Å². The van der Waals surface area contributed by atoms with E-state index in [-0.39, 0.29) is 0 Å². The summed E-state index contributed by atoms with van der Waals surface area (Å²) in [4.78, 5) is 10.3. The highest BCUT2D eigenvalue weighted by Crippen LogP contribution is 2.23. The number of rotatable bonds is 3. The molecule has 0 unspecified atom stereocenters. The third-order valence-corrected chi connectivity index (χ3v) is 1.83. The number of benzene rings is 1. The summed E-state index contributed by atoms with van der Waals surface area (Å²) in [6.45, 7) is 0. The quantitative estimate of drug-likeness (QED) is 0.783. The molecule has 1 N–H and O–H groups in total. The fourth-order valence-electron chi connectivity index (χ4n) is 0.997. The van der Waals surface area contributed by atoms with Gasteiger partial charge in [0, 0.05) is 16.7 Å². The molecule has 1 aromatic carbocycles. The van der Waals surface area contributed by atoms with Crippen LogP contribution in [0.2, 0.25) is 5.02 Å². The van der Waals surface area contributed by atoms with Crippen molar-refractivity contribution in [3.8, 4) is 5.75 Å². The zero-order chi connectivity index (χ0) is 10.6. The van der Waals surface area contributed by atoms with Gasteiger partial charge in [-0.1, -0.05) is 11.6 Å². The Morgan fingerprint density at radius 2 is 2.29 bits per heavy atom. The van der Waals surface area contributed by atoms with E-state index in [0.29, 0.717) is 16.3 Å². The molecule has 0 aliphatic rings. The number of halogens is 1. The summed E-state index contributed by atoms with van der Waals surface area (Å²) in [5, 5.41) is 8.98. The lowest BCUT2D eigenvalue weighted by Crippen LogP contribution is -1.89. The van der Waals surface area contributed by atoms with Gasteiger partial charge in [-0.15, -0.1) is 0 Å². The Labute approximate surface area is 86.6 Å². The van der Waals surface area contributed by atoms with Gasteiger partial charge in [0.25, 0.3) is 0 Å². The van der Waals surface area contributed by atoms with E-state index in [1.165, 1.54) is 13.2 Å². The Bertz CT molecular complexity index is 372. The van der Waals surface area contributed by atoms with E-state index in [2.05, 4.69) is 0 Å². The van der Waals surface area contributed by atoms with Gasteiger partial charge in [-0.25, -0.2) is 4.79 Å². The molecule has 0 fully saturated rings. The highest BCUT2D eigenvalue weighted by molar-refractivity contribution is 6.30. The van der Waals surface area contributed by atoms with Crippen molar-refractivity contribution in [2.75, 3.05) is 7.11 Å². The first kappa shape index (κ1) is 10.6. The first-order valence-corrected chi connectivity index (χ1v) is 4.26. The summed E-state index contributed by atoms with van der Waals surface area (Å²) in [5.74, 6) is -0.418. The van der Waals surface area contributed by atoms with E-state index >= 15 is 0 Å². The van der Waals surface area contributed by atoms with Gasteiger partial charge >= 0.3 is 5.97 Å². The van der Waals surface area contributed by atoms with Gasteiger partial charge < -0.3 is 9.84 Å². The monoisotopic (exact) mass is 212 g/mol. The Kier molecular flexibility index (Phi) is 3.54. The second-order valence-electron chi connectivity index (χ2n) is 2.56. The van der Waals surface area contributed by atoms with Crippen LogP contribution in [-0.2, 0) is 4.79 Å². The van der Waals surface area contributed by atoms with Crippen LogP contribution < -0.4 is 4.74 Å². The molecule has 0 amide bonds. The van der Waals surface area contributed by atoms with Crippen molar-refractivity contribution in [1.29, 1.82) is 0 Å². The molecule has 0 atom stereocenters. The van der Waals surface area contributed by atoms with Gasteiger partial charge in [0.05, 0.1) is 7.11 Å². The lowest BCUT2D eigenvalue weighted by Gasteiger charge is -2.03. The van der Waals surface area contributed by atoms with E-state index in [4.69, 9.17) is 21.4 Å². The minimum Gasteiger partial charge on any atom is -0.496 e. The average molecular weight is 213 g/mol. The van der Waals surface area contributed by atoms with Crippen molar-refractivity contribution in [2.45, 2.75) is 0 Å². The lowest BCUT2D eigenvalue weighted by atomic mass is 10.2. The molecule has 0 bridgehead atoms. The van der Waals surface area contributed by atoms with Crippen molar-refractivity contribution in [1.82, 2.24) is 0 Å². The third kappa shape index (κ3) is 2.78. The summed E-state index contributed by atoms with van der Waals surface area (Å²) >= 11 is 5.75. The summed E-state index contributed by atoms with van der Waals surface area (Å²) in [5.41, 5.74) is 0.641. The first-order valence-electron chi connectivity index (χ1n) is 3.88. The average Bonchev–Trinajstić information content (AvgIpc) is 2.15. The van der Waals surface area contributed by atoms with E-state index < -0.39 is 5.97 Å². The topological polar surface area (TPSA) is 46.5 Å². The predicted molar refractivity (Wildman–Crippen MR) is 54.7 cm³/mol. The van der Waals surface area contributed by atoms with Crippen molar-refractivity contribution >= 4 is 23.6 Å². The fraction of sp³-hybridized carbons (Fsp3) is 0.100. The smallest absolute Gasteiger partial charge is 0.328 e. The molecule has 4 heteroatoms. The Morgan fingerprint density at radius 1 is 1.57 bits per heavy atom. The highest BCUT2D eigenvalue weighted by Gasteiger charge is 2.00. The molecule has 0 saturated carbocycles. The van der Waals surface area contributed by atoms with Gasteiger partial charge in [-0.05, 0) is 24.3 Å². The molecule has 0 aliphatic heterocycles. The SMILES string of the molecule is COc1ccc(Cl)cc1C=CC(=O)O. The van der Waals surface area contributed by atoms with Crippen LogP contribution in [0.3, 0.4) is 0 Å². The first-order chi connectivity index (χ1) is 6.63. The molecule has 0 heterocycles. The maximum Gasteiger partial charge on any atom is 0.328 e. The summed E-state index contributed by atoms with van der Waals surface area (Å²) < 4.78 is 5.03. The van der Waals surface area contributed by atoms with Gasteiger partial charge in [0.1, 0.15) is 5.75 Å². The summed E-state index contributed by atoms with van der Waals surface area (Å²) in [7, 11) is 1.52. The number of hydrogen-bond acceptors (Lipinski definition) is 2. The number of carboxylic acid groups (broad SMARTS) is 1. The van der Waals surface area contributed by atoms with E-state index in [1.807, 2.05) is 0 Å². The molecule has 3 nitrogen and oxygen atoms in total. The van der Waals surface area contributed by atoms with Crippen LogP contribution in [0.15, 0.2) is 24.3 Å². The van der Waals surface area contributed by atoms with E-state index in [0.717, 1.165) is 6.08 Å². The maximum absolute atomic E-state index is 10.3.